The maximum atomic E-state index is 12.1. The zero-order chi connectivity index (χ0) is 19.5. The van der Waals surface area contributed by atoms with E-state index in [1.807, 2.05) is 30.3 Å². The van der Waals surface area contributed by atoms with Crippen molar-refractivity contribution in [3.8, 4) is 0 Å². The monoisotopic (exact) mass is 368 g/mol. The van der Waals surface area contributed by atoms with Crippen LogP contribution in [0.25, 0.3) is 0 Å². The van der Waals surface area contributed by atoms with Crippen molar-refractivity contribution in [2.45, 2.75) is 26.2 Å². The van der Waals surface area contributed by atoms with Crippen molar-refractivity contribution in [3.63, 3.8) is 0 Å². The van der Waals surface area contributed by atoms with Crippen molar-refractivity contribution in [2.24, 2.45) is 0 Å². The molecular formula is C21H24N2O4. The lowest BCUT2D eigenvalue weighted by atomic mass is 10.1. The summed E-state index contributed by atoms with van der Waals surface area (Å²) in [4.78, 5) is 35.9. The number of amides is 2. The molecular weight excluding hydrogens is 344 g/mol. The first kappa shape index (κ1) is 20.2. The standard InChI is InChI=1S/C21H24N2O4/c1-2-27-21(26)17-12-6-7-13-18(17)23-20(25)15-19(24)22-14-8-11-16-9-4-3-5-10-16/h3-7,9-10,12-13H,2,8,11,14-15H2,1H3,(H,22,24)(H,23,25). The molecule has 0 fully saturated rings. The van der Waals surface area contributed by atoms with E-state index >= 15 is 0 Å². The number of hydrogen-bond acceptors (Lipinski definition) is 4. The summed E-state index contributed by atoms with van der Waals surface area (Å²) in [5, 5.41) is 5.33. The zero-order valence-electron chi connectivity index (χ0n) is 15.4. The average molecular weight is 368 g/mol. The molecule has 0 bridgehead atoms. The van der Waals surface area contributed by atoms with Crippen LogP contribution in [0.2, 0.25) is 0 Å². The van der Waals surface area contributed by atoms with Crippen LogP contribution in [0.1, 0.15) is 35.7 Å². The van der Waals surface area contributed by atoms with Crippen molar-refractivity contribution < 1.29 is 19.1 Å². The number of carbonyl (C=O) groups is 3. The molecule has 0 aromatic heterocycles. The highest BCUT2D eigenvalue weighted by Gasteiger charge is 2.15. The van der Waals surface area contributed by atoms with Crippen molar-refractivity contribution >= 4 is 23.5 Å². The van der Waals surface area contributed by atoms with Crippen LogP contribution in [0.4, 0.5) is 5.69 Å². The number of esters is 1. The summed E-state index contributed by atoms with van der Waals surface area (Å²) in [7, 11) is 0. The van der Waals surface area contributed by atoms with Gasteiger partial charge in [-0.2, -0.15) is 0 Å². The van der Waals surface area contributed by atoms with Crippen LogP contribution >= 0.6 is 0 Å². The molecule has 0 unspecified atom stereocenters. The number of ether oxygens (including phenoxy) is 1. The number of aryl methyl sites for hydroxylation is 1. The predicted octanol–water partition coefficient (Wildman–Crippen LogP) is 2.94. The fourth-order valence-corrected chi connectivity index (χ4v) is 2.55. The van der Waals surface area contributed by atoms with Gasteiger partial charge in [0.1, 0.15) is 6.42 Å². The predicted molar refractivity (Wildman–Crippen MR) is 103 cm³/mol. The molecule has 0 radical (unpaired) electrons. The number of nitrogens with one attached hydrogen (secondary N) is 2. The Hall–Kier alpha value is -3.15. The van der Waals surface area contributed by atoms with Gasteiger partial charge in [-0.15, -0.1) is 0 Å². The van der Waals surface area contributed by atoms with Crippen molar-refractivity contribution in [2.75, 3.05) is 18.5 Å². The smallest absolute Gasteiger partial charge is 0.340 e. The Morgan fingerprint density at radius 2 is 1.63 bits per heavy atom. The molecule has 6 heteroatoms. The molecule has 0 spiro atoms. The lowest BCUT2D eigenvalue weighted by Crippen LogP contribution is -2.29. The maximum Gasteiger partial charge on any atom is 0.340 e. The minimum atomic E-state index is -0.515. The zero-order valence-corrected chi connectivity index (χ0v) is 15.4. The van der Waals surface area contributed by atoms with Crippen LogP contribution in [-0.2, 0) is 20.7 Å². The highest BCUT2D eigenvalue weighted by molar-refractivity contribution is 6.06. The van der Waals surface area contributed by atoms with Crippen molar-refractivity contribution in [1.82, 2.24) is 5.32 Å². The highest BCUT2D eigenvalue weighted by Crippen LogP contribution is 2.16. The van der Waals surface area contributed by atoms with Gasteiger partial charge in [0.2, 0.25) is 11.8 Å². The van der Waals surface area contributed by atoms with E-state index in [9.17, 15) is 14.4 Å². The molecule has 2 N–H and O–H groups in total. The molecule has 2 rings (SSSR count). The summed E-state index contributed by atoms with van der Waals surface area (Å²) >= 11 is 0. The van der Waals surface area contributed by atoms with Gasteiger partial charge in [-0.1, -0.05) is 42.5 Å². The second-order valence-corrected chi connectivity index (χ2v) is 5.93. The number of anilines is 1. The summed E-state index contributed by atoms with van der Waals surface area (Å²) in [6, 6.07) is 16.5. The van der Waals surface area contributed by atoms with E-state index in [1.54, 1.807) is 31.2 Å². The quantitative estimate of drug-likeness (QED) is 0.405. The van der Waals surface area contributed by atoms with E-state index in [2.05, 4.69) is 10.6 Å². The summed E-state index contributed by atoms with van der Waals surface area (Å²) in [6.45, 7) is 2.45. The van der Waals surface area contributed by atoms with E-state index < -0.39 is 11.9 Å². The Balaban J connectivity index is 1.77. The molecule has 0 aliphatic rings. The van der Waals surface area contributed by atoms with Gasteiger partial charge in [0.25, 0.3) is 0 Å². The molecule has 2 aromatic carbocycles. The number of carbonyl (C=O) groups excluding carboxylic acids is 3. The molecule has 0 heterocycles. The summed E-state index contributed by atoms with van der Waals surface area (Å²) in [5.74, 6) is -1.35. The SMILES string of the molecule is CCOC(=O)c1ccccc1NC(=O)CC(=O)NCCCc1ccccc1. The molecule has 27 heavy (non-hydrogen) atoms. The normalized spacial score (nSPS) is 10.1. The van der Waals surface area contributed by atoms with E-state index in [4.69, 9.17) is 4.74 Å². The molecule has 6 nitrogen and oxygen atoms in total. The lowest BCUT2D eigenvalue weighted by Gasteiger charge is -2.10. The van der Waals surface area contributed by atoms with Gasteiger partial charge in [0, 0.05) is 6.54 Å². The molecule has 0 aliphatic heterocycles. The van der Waals surface area contributed by atoms with E-state index in [-0.39, 0.29) is 24.5 Å². The molecule has 2 amide bonds. The molecule has 2 aromatic rings. The first-order valence-corrected chi connectivity index (χ1v) is 8.96. The number of rotatable bonds is 9. The summed E-state index contributed by atoms with van der Waals surface area (Å²) in [6.07, 6.45) is 1.35. The van der Waals surface area contributed by atoms with Gasteiger partial charge < -0.3 is 15.4 Å². The average Bonchev–Trinajstić information content (AvgIpc) is 2.66. The van der Waals surface area contributed by atoms with Gasteiger partial charge >= 0.3 is 5.97 Å². The molecule has 142 valence electrons. The van der Waals surface area contributed by atoms with E-state index in [0.717, 1.165) is 12.8 Å². The van der Waals surface area contributed by atoms with Gasteiger partial charge in [0.05, 0.1) is 17.9 Å². The second kappa shape index (κ2) is 10.8. The molecule has 0 atom stereocenters. The minimum absolute atomic E-state index is 0.243. The van der Waals surface area contributed by atoms with E-state index in [0.29, 0.717) is 12.2 Å². The van der Waals surface area contributed by atoms with Gasteiger partial charge in [-0.3, -0.25) is 9.59 Å². The third-order valence-corrected chi connectivity index (χ3v) is 3.82. The summed E-state index contributed by atoms with van der Waals surface area (Å²) in [5.41, 5.74) is 1.80. The summed E-state index contributed by atoms with van der Waals surface area (Å²) < 4.78 is 4.96. The minimum Gasteiger partial charge on any atom is -0.462 e. The Bertz CT molecular complexity index is 775. The highest BCUT2D eigenvalue weighted by atomic mass is 16.5. The Morgan fingerprint density at radius 3 is 2.37 bits per heavy atom. The van der Waals surface area contributed by atoms with Crippen molar-refractivity contribution in [3.05, 3.63) is 65.7 Å². The topological polar surface area (TPSA) is 84.5 Å². The third-order valence-electron chi connectivity index (χ3n) is 3.82. The van der Waals surface area contributed by atoms with Crippen LogP contribution in [-0.4, -0.2) is 30.9 Å². The van der Waals surface area contributed by atoms with Crippen LogP contribution in [0, 0.1) is 0 Å². The largest absolute Gasteiger partial charge is 0.462 e. The third kappa shape index (κ3) is 6.93. The Labute approximate surface area is 158 Å². The fourth-order valence-electron chi connectivity index (χ4n) is 2.55. The Morgan fingerprint density at radius 1 is 0.926 bits per heavy atom. The first-order valence-electron chi connectivity index (χ1n) is 8.96. The number of para-hydroxylation sites is 1. The van der Waals surface area contributed by atoms with Gasteiger partial charge in [-0.05, 0) is 37.5 Å². The van der Waals surface area contributed by atoms with E-state index in [1.165, 1.54) is 5.56 Å². The number of benzene rings is 2. The first-order chi connectivity index (χ1) is 13.1. The van der Waals surface area contributed by atoms with Crippen LogP contribution in [0.15, 0.2) is 54.6 Å². The maximum absolute atomic E-state index is 12.1. The fraction of sp³-hybridized carbons (Fsp3) is 0.286. The lowest BCUT2D eigenvalue weighted by molar-refractivity contribution is -0.126. The van der Waals surface area contributed by atoms with Gasteiger partial charge in [-0.25, -0.2) is 4.79 Å². The Kier molecular flexibility index (Phi) is 8.03. The second-order valence-electron chi connectivity index (χ2n) is 5.93. The van der Waals surface area contributed by atoms with Crippen LogP contribution in [0.5, 0.6) is 0 Å². The van der Waals surface area contributed by atoms with Crippen LogP contribution in [0.3, 0.4) is 0 Å². The van der Waals surface area contributed by atoms with Gasteiger partial charge in [0.15, 0.2) is 0 Å². The number of hydrogen-bond donors (Lipinski definition) is 2. The molecule has 0 saturated heterocycles. The molecule has 0 aliphatic carbocycles. The van der Waals surface area contributed by atoms with Crippen LogP contribution < -0.4 is 10.6 Å². The molecule has 0 saturated carbocycles. The van der Waals surface area contributed by atoms with Crippen molar-refractivity contribution in [1.29, 1.82) is 0 Å².